The van der Waals surface area contributed by atoms with E-state index >= 15 is 0 Å². The van der Waals surface area contributed by atoms with Crippen molar-refractivity contribution >= 4 is 46.8 Å². The second-order valence-corrected chi connectivity index (χ2v) is 6.27. The second kappa shape index (κ2) is 9.09. The Morgan fingerprint density at radius 1 is 1.11 bits per heavy atom. The maximum absolute atomic E-state index is 12.4. The van der Waals surface area contributed by atoms with Crippen molar-refractivity contribution in [3.05, 3.63) is 35.1 Å². The highest BCUT2D eigenvalue weighted by Gasteiger charge is 2.33. The number of aromatic nitrogens is 3. The summed E-state index contributed by atoms with van der Waals surface area (Å²) in [6, 6.07) is 5.87. The maximum Gasteiger partial charge on any atom is 0.375 e. The molecule has 0 radical (unpaired) electrons. The smallest absolute Gasteiger partial charge is 0.375 e. The molecule has 10 nitrogen and oxygen atoms in total. The van der Waals surface area contributed by atoms with Crippen molar-refractivity contribution in [2.75, 3.05) is 17.7 Å². The average Bonchev–Trinajstić information content (AvgIpc) is 3.14. The molecule has 0 spiro atoms. The molecule has 0 fully saturated rings. The summed E-state index contributed by atoms with van der Waals surface area (Å²) >= 11 is 5.78. The molecule has 0 aliphatic rings. The van der Waals surface area contributed by atoms with E-state index < -0.39 is 35.4 Å². The number of benzene rings is 1. The number of Topliss-reactive ketones (excluding diaryl/α,β-unsaturated/α-hetero) is 2. The maximum atomic E-state index is 12.4. The van der Waals surface area contributed by atoms with Crippen molar-refractivity contribution in [3.63, 3.8) is 0 Å². The Morgan fingerprint density at radius 2 is 1.75 bits per heavy atom. The Balaban J connectivity index is 1.99. The van der Waals surface area contributed by atoms with E-state index in [1.54, 1.807) is 24.3 Å². The van der Waals surface area contributed by atoms with Gasteiger partial charge in [0.2, 0.25) is 11.7 Å². The number of rotatable bonds is 7. The lowest BCUT2D eigenvalue weighted by Gasteiger charge is -2.12. The lowest BCUT2D eigenvalue weighted by molar-refractivity contribution is -0.155. The van der Waals surface area contributed by atoms with Crippen LogP contribution in [0.3, 0.4) is 0 Å². The quantitative estimate of drug-likeness (QED) is 0.362. The summed E-state index contributed by atoms with van der Waals surface area (Å²) in [5.74, 6) is -4.55. The highest BCUT2D eigenvalue weighted by atomic mass is 35.5. The number of ketones is 2. The number of carbonyl (C=O) groups is 4. The second-order valence-electron chi connectivity index (χ2n) is 5.83. The van der Waals surface area contributed by atoms with Gasteiger partial charge in [-0.15, -0.1) is 5.10 Å². The Bertz CT molecular complexity index is 896. The number of nitrogens with zero attached hydrogens (tertiary/aromatic N) is 2. The number of nitrogens with one attached hydrogen (secondary N) is 3. The number of H-pyrrole nitrogens is 1. The largest absolute Gasteiger partial charge is 0.463 e. The van der Waals surface area contributed by atoms with Gasteiger partial charge in [0, 0.05) is 10.7 Å². The number of methoxy groups -OCH3 is 1. The van der Waals surface area contributed by atoms with Crippen LogP contribution < -0.4 is 10.6 Å². The Hall–Kier alpha value is -3.27. The number of anilines is 2. The SMILES string of the molecule is COC(=O)C(=O)[C@@H](C)C(=O)[C@@H](C)c1nc(NC(=O)Nc2ccc(Cl)cc2)n[nH]1. The zero-order valence-electron chi connectivity index (χ0n) is 15.3. The summed E-state index contributed by atoms with van der Waals surface area (Å²) in [7, 11) is 1.06. The number of hydrogen-bond donors (Lipinski definition) is 3. The van der Waals surface area contributed by atoms with Gasteiger partial charge < -0.3 is 10.1 Å². The lowest BCUT2D eigenvalue weighted by Crippen LogP contribution is -2.31. The topological polar surface area (TPSA) is 143 Å². The molecule has 1 aromatic heterocycles. The molecule has 0 unspecified atom stereocenters. The molecular formula is C17H18ClN5O5. The first-order valence-electron chi connectivity index (χ1n) is 8.14. The Labute approximate surface area is 165 Å². The molecule has 1 aromatic carbocycles. The highest BCUT2D eigenvalue weighted by molar-refractivity contribution is 6.38. The van der Waals surface area contributed by atoms with Crippen LogP contribution in [0.25, 0.3) is 0 Å². The van der Waals surface area contributed by atoms with E-state index in [9.17, 15) is 19.2 Å². The minimum Gasteiger partial charge on any atom is -0.463 e. The molecule has 11 heteroatoms. The Morgan fingerprint density at radius 3 is 2.36 bits per heavy atom. The molecular weight excluding hydrogens is 390 g/mol. The summed E-state index contributed by atoms with van der Waals surface area (Å²) in [5, 5.41) is 11.8. The van der Waals surface area contributed by atoms with Crippen LogP contribution in [0.5, 0.6) is 0 Å². The van der Waals surface area contributed by atoms with Gasteiger partial charge in [0.25, 0.3) is 0 Å². The minimum absolute atomic E-state index is 0.0620. The van der Waals surface area contributed by atoms with Crippen LogP contribution in [0.15, 0.2) is 24.3 Å². The van der Waals surface area contributed by atoms with E-state index in [2.05, 4.69) is 30.6 Å². The third kappa shape index (κ3) is 5.13. The molecule has 0 aliphatic heterocycles. The minimum atomic E-state index is -1.20. The van der Waals surface area contributed by atoms with Crippen LogP contribution >= 0.6 is 11.6 Å². The highest BCUT2D eigenvalue weighted by Crippen LogP contribution is 2.19. The molecule has 0 aliphatic carbocycles. The van der Waals surface area contributed by atoms with Gasteiger partial charge in [-0.3, -0.25) is 20.0 Å². The first kappa shape index (κ1) is 21.0. The normalized spacial score (nSPS) is 12.6. The van der Waals surface area contributed by atoms with Crippen molar-refractivity contribution in [2.45, 2.75) is 19.8 Å². The molecule has 3 N–H and O–H groups in total. The molecule has 2 amide bonds. The van der Waals surface area contributed by atoms with Crippen molar-refractivity contribution in [3.8, 4) is 0 Å². The molecule has 0 bridgehead atoms. The average molecular weight is 408 g/mol. The number of carbonyl (C=O) groups excluding carboxylic acids is 4. The number of esters is 1. The molecule has 28 heavy (non-hydrogen) atoms. The molecule has 148 valence electrons. The molecule has 2 aromatic rings. The van der Waals surface area contributed by atoms with Gasteiger partial charge in [-0.05, 0) is 38.1 Å². The van der Waals surface area contributed by atoms with Gasteiger partial charge in [-0.25, -0.2) is 9.59 Å². The van der Waals surface area contributed by atoms with E-state index in [0.717, 1.165) is 7.11 Å². The summed E-state index contributed by atoms with van der Waals surface area (Å²) in [4.78, 5) is 51.4. The molecule has 1 heterocycles. The monoisotopic (exact) mass is 407 g/mol. The van der Waals surface area contributed by atoms with E-state index in [4.69, 9.17) is 11.6 Å². The lowest BCUT2D eigenvalue weighted by atomic mass is 9.91. The van der Waals surface area contributed by atoms with Gasteiger partial charge in [0.05, 0.1) is 18.9 Å². The first-order chi connectivity index (χ1) is 13.2. The van der Waals surface area contributed by atoms with Gasteiger partial charge in [0.1, 0.15) is 5.82 Å². The van der Waals surface area contributed by atoms with Crippen LogP contribution in [0, 0.1) is 5.92 Å². The molecule has 2 atom stereocenters. The fraction of sp³-hybridized carbons (Fsp3) is 0.294. The van der Waals surface area contributed by atoms with E-state index in [0.29, 0.717) is 10.7 Å². The summed E-state index contributed by atoms with van der Waals surface area (Å²) in [5.41, 5.74) is 0.511. The predicted octanol–water partition coefficient (Wildman–Crippen LogP) is 2.15. The van der Waals surface area contributed by atoms with Crippen LogP contribution in [0.4, 0.5) is 16.4 Å². The fourth-order valence-corrected chi connectivity index (χ4v) is 2.36. The predicted molar refractivity (Wildman–Crippen MR) is 100 cm³/mol. The van der Waals surface area contributed by atoms with Crippen molar-refractivity contribution in [1.29, 1.82) is 0 Å². The molecule has 2 rings (SSSR count). The third-order valence-corrected chi connectivity index (χ3v) is 4.13. The van der Waals surface area contributed by atoms with Crippen LogP contribution in [-0.2, 0) is 19.1 Å². The van der Waals surface area contributed by atoms with Crippen LogP contribution in [0.2, 0.25) is 5.02 Å². The van der Waals surface area contributed by atoms with E-state index in [1.165, 1.54) is 13.8 Å². The van der Waals surface area contributed by atoms with Crippen LogP contribution in [0.1, 0.15) is 25.6 Å². The van der Waals surface area contributed by atoms with Gasteiger partial charge in [-0.1, -0.05) is 11.6 Å². The number of aromatic amines is 1. The van der Waals surface area contributed by atoms with Crippen molar-refractivity contribution < 1.29 is 23.9 Å². The summed E-state index contributed by atoms with van der Waals surface area (Å²) < 4.78 is 4.33. The third-order valence-electron chi connectivity index (χ3n) is 3.87. The Kier molecular flexibility index (Phi) is 6.83. The molecule has 0 saturated carbocycles. The summed E-state index contributed by atoms with van der Waals surface area (Å²) in [6.07, 6.45) is 0. The fourth-order valence-electron chi connectivity index (χ4n) is 2.24. The van der Waals surface area contributed by atoms with Gasteiger partial charge >= 0.3 is 12.0 Å². The number of halogens is 1. The van der Waals surface area contributed by atoms with E-state index in [1.807, 2.05) is 0 Å². The zero-order valence-corrected chi connectivity index (χ0v) is 16.0. The number of ether oxygens (including phenoxy) is 1. The van der Waals surface area contributed by atoms with Gasteiger partial charge in [-0.2, -0.15) is 4.98 Å². The van der Waals surface area contributed by atoms with Crippen molar-refractivity contribution in [2.24, 2.45) is 5.92 Å². The van der Waals surface area contributed by atoms with Crippen LogP contribution in [-0.4, -0.2) is 45.9 Å². The van der Waals surface area contributed by atoms with E-state index in [-0.39, 0.29) is 11.8 Å². The summed E-state index contributed by atoms with van der Waals surface area (Å²) in [6.45, 7) is 2.81. The zero-order chi connectivity index (χ0) is 20.8. The number of urea groups is 1. The number of hydrogen-bond acceptors (Lipinski definition) is 7. The molecule has 0 saturated heterocycles. The van der Waals surface area contributed by atoms with Gasteiger partial charge in [0.15, 0.2) is 5.78 Å². The number of amides is 2. The van der Waals surface area contributed by atoms with Crippen molar-refractivity contribution in [1.82, 2.24) is 15.2 Å². The first-order valence-corrected chi connectivity index (χ1v) is 8.52. The standard InChI is InChI=1S/C17H18ClN5O5/c1-8(13(25)15(26)28-3)12(24)9(2)14-20-16(23-22-14)21-17(27)19-11-6-4-10(18)5-7-11/h4-9H,1-3H3,(H3,19,20,21,22,23,27)/t8-,9+/m0/s1.